The Balaban J connectivity index is 2.56. The standard InChI is InChI=1S/C8H10O4/c1-3-6(9)11-8(2)5-4-7(10)12-8/h3H,1,4-5H2,2H3. The molecule has 1 aliphatic rings. The number of hydrogen-bond acceptors (Lipinski definition) is 4. The average Bonchev–Trinajstić information content (AvgIpc) is 2.30. The Kier molecular flexibility index (Phi) is 2.17. The molecule has 1 aliphatic heterocycles. The molecule has 0 aromatic carbocycles. The van der Waals surface area contributed by atoms with Crippen LogP contribution < -0.4 is 0 Å². The maximum atomic E-state index is 10.7. The van der Waals surface area contributed by atoms with E-state index in [0.29, 0.717) is 12.8 Å². The molecule has 0 aromatic rings. The number of rotatable bonds is 2. The molecule has 1 heterocycles. The molecule has 0 saturated carbocycles. The largest absolute Gasteiger partial charge is 0.423 e. The summed E-state index contributed by atoms with van der Waals surface area (Å²) in [6, 6.07) is 0. The fourth-order valence-corrected chi connectivity index (χ4v) is 0.998. The Bertz CT molecular complexity index is 233. The van der Waals surface area contributed by atoms with Crippen LogP contribution in [0, 0.1) is 0 Å². The van der Waals surface area contributed by atoms with Crippen molar-refractivity contribution in [3.63, 3.8) is 0 Å². The third-order valence-corrected chi connectivity index (χ3v) is 1.60. The van der Waals surface area contributed by atoms with Gasteiger partial charge in [0, 0.05) is 19.4 Å². The van der Waals surface area contributed by atoms with Crippen LogP contribution in [0.4, 0.5) is 0 Å². The molecule has 0 spiro atoms. The lowest BCUT2D eigenvalue weighted by atomic mass is 10.2. The summed E-state index contributed by atoms with van der Waals surface area (Å²) in [7, 11) is 0. The minimum Gasteiger partial charge on any atom is -0.423 e. The van der Waals surface area contributed by atoms with Crippen molar-refractivity contribution in [2.45, 2.75) is 25.6 Å². The Labute approximate surface area is 70.1 Å². The first-order chi connectivity index (χ1) is 5.56. The average molecular weight is 170 g/mol. The lowest BCUT2D eigenvalue weighted by Crippen LogP contribution is -2.30. The van der Waals surface area contributed by atoms with Crippen molar-refractivity contribution in [3.8, 4) is 0 Å². The summed E-state index contributed by atoms with van der Waals surface area (Å²) in [5.74, 6) is -2.00. The van der Waals surface area contributed by atoms with Gasteiger partial charge in [0.15, 0.2) is 0 Å². The van der Waals surface area contributed by atoms with Gasteiger partial charge in [-0.1, -0.05) is 6.58 Å². The van der Waals surface area contributed by atoms with Gasteiger partial charge in [0.25, 0.3) is 5.79 Å². The highest BCUT2D eigenvalue weighted by molar-refractivity contribution is 5.82. The Morgan fingerprint density at radius 1 is 1.83 bits per heavy atom. The normalized spacial score (nSPS) is 27.9. The van der Waals surface area contributed by atoms with Crippen molar-refractivity contribution in [2.24, 2.45) is 0 Å². The van der Waals surface area contributed by atoms with Crippen LogP contribution in [0.1, 0.15) is 19.8 Å². The van der Waals surface area contributed by atoms with E-state index in [2.05, 4.69) is 6.58 Å². The van der Waals surface area contributed by atoms with Crippen molar-refractivity contribution >= 4 is 11.9 Å². The molecule has 1 rings (SSSR count). The van der Waals surface area contributed by atoms with Crippen molar-refractivity contribution in [3.05, 3.63) is 12.7 Å². The summed E-state index contributed by atoms with van der Waals surface area (Å²) in [6.45, 7) is 4.79. The van der Waals surface area contributed by atoms with Crippen molar-refractivity contribution < 1.29 is 19.1 Å². The van der Waals surface area contributed by atoms with E-state index in [1.165, 1.54) is 0 Å². The highest BCUT2D eigenvalue weighted by Crippen LogP contribution is 2.27. The Morgan fingerprint density at radius 2 is 2.50 bits per heavy atom. The van der Waals surface area contributed by atoms with Gasteiger partial charge in [0.1, 0.15) is 0 Å². The third kappa shape index (κ3) is 1.84. The molecule has 1 fully saturated rings. The van der Waals surface area contributed by atoms with Gasteiger partial charge in [-0.25, -0.2) is 4.79 Å². The molecule has 0 aromatic heterocycles. The number of carbonyl (C=O) groups excluding carboxylic acids is 2. The molecule has 4 nitrogen and oxygen atoms in total. The molecule has 66 valence electrons. The zero-order chi connectivity index (χ0) is 9.19. The van der Waals surface area contributed by atoms with Crippen LogP contribution in [0.2, 0.25) is 0 Å². The van der Waals surface area contributed by atoms with Gasteiger partial charge in [-0.05, 0) is 0 Å². The smallest absolute Gasteiger partial charge is 0.333 e. The molecule has 0 N–H and O–H groups in total. The van der Waals surface area contributed by atoms with Crippen LogP contribution in [0.5, 0.6) is 0 Å². The van der Waals surface area contributed by atoms with E-state index >= 15 is 0 Å². The third-order valence-electron chi connectivity index (χ3n) is 1.60. The van der Waals surface area contributed by atoms with Crippen LogP contribution in [0.15, 0.2) is 12.7 Å². The highest BCUT2D eigenvalue weighted by atomic mass is 16.7. The SMILES string of the molecule is C=CC(=O)OC1(C)CCC(=O)O1. The molecule has 1 unspecified atom stereocenters. The van der Waals surface area contributed by atoms with E-state index in [4.69, 9.17) is 9.47 Å². The summed E-state index contributed by atoms with van der Waals surface area (Å²) in [5, 5.41) is 0. The monoisotopic (exact) mass is 170 g/mol. The van der Waals surface area contributed by atoms with E-state index in [1.54, 1.807) is 6.92 Å². The summed E-state index contributed by atoms with van der Waals surface area (Å²) in [6.07, 6.45) is 1.74. The molecule has 12 heavy (non-hydrogen) atoms. The second kappa shape index (κ2) is 2.97. The number of esters is 2. The Morgan fingerprint density at radius 3 is 2.92 bits per heavy atom. The van der Waals surface area contributed by atoms with Crippen LogP contribution in [-0.2, 0) is 19.1 Å². The van der Waals surface area contributed by atoms with E-state index in [1.807, 2.05) is 0 Å². The lowest BCUT2D eigenvalue weighted by molar-refractivity contribution is -0.203. The van der Waals surface area contributed by atoms with Crippen LogP contribution in [0.3, 0.4) is 0 Å². The quantitative estimate of drug-likeness (QED) is 0.453. The maximum absolute atomic E-state index is 10.7. The Hall–Kier alpha value is -1.32. The van der Waals surface area contributed by atoms with Gasteiger partial charge in [0.2, 0.25) is 0 Å². The second-order valence-electron chi connectivity index (χ2n) is 2.73. The summed E-state index contributed by atoms with van der Waals surface area (Å²) in [4.78, 5) is 21.4. The molecule has 0 radical (unpaired) electrons. The predicted octanol–water partition coefficient (Wildman–Crippen LogP) is 0.769. The number of hydrogen-bond donors (Lipinski definition) is 0. The fraction of sp³-hybridized carbons (Fsp3) is 0.500. The molecule has 0 amide bonds. The van der Waals surface area contributed by atoms with E-state index in [0.717, 1.165) is 6.08 Å². The van der Waals surface area contributed by atoms with E-state index < -0.39 is 11.8 Å². The van der Waals surface area contributed by atoms with Gasteiger partial charge >= 0.3 is 11.9 Å². The van der Waals surface area contributed by atoms with Gasteiger partial charge in [-0.2, -0.15) is 0 Å². The first-order valence-corrected chi connectivity index (χ1v) is 3.63. The number of ether oxygens (including phenoxy) is 2. The van der Waals surface area contributed by atoms with Gasteiger partial charge in [-0.3, -0.25) is 4.79 Å². The lowest BCUT2D eigenvalue weighted by Gasteiger charge is -2.21. The minimum absolute atomic E-state index is 0.293. The van der Waals surface area contributed by atoms with Crippen molar-refractivity contribution in [2.75, 3.05) is 0 Å². The maximum Gasteiger partial charge on any atom is 0.333 e. The highest BCUT2D eigenvalue weighted by Gasteiger charge is 2.38. The van der Waals surface area contributed by atoms with Crippen molar-refractivity contribution in [1.82, 2.24) is 0 Å². The molecule has 0 bridgehead atoms. The van der Waals surface area contributed by atoms with E-state index in [9.17, 15) is 9.59 Å². The van der Waals surface area contributed by atoms with Gasteiger partial charge in [-0.15, -0.1) is 0 Å². The molecular weight excluding hydrogens is 160 g/mol. The molecule has 1 saturated heterocycles. The fourth-order valence-electron chi connectivity index (χ4n) is 0.998. The van der Waals surface area contributed by atoms with Crippen molar-refractivity contribution in [1.29, 1.82) is 0 Å². The van der Waals surface area contributed by atoms with Gasteiger partial charge in [0.05, 0.1) is 6.42 Å². The molecule has 4 heteroatoms. The summed E-state index contributed by atoms with van der Waals surface area (Å²) >= 11 is 0. The molecular formula is C8H10O4. The molecule has 0 aliphatic carbocycles. The topological polar surface area (TPSA) is 52.6 Å². The zero-order valence-corrected chi connectivity index (χ0v) is 6.83. The second-order valence-corrected chi connectivity index (χ2v) is 2.73. The van der Waals surface area contributed by atoms with Crippen LogP contribution in [0.25, 0.3) is 0 Å². The van der Waals surface area contributed by atoms with E-state index in [-0.39, 0.29) is 5.97 Å². The number of cyclic esters (lactones) is 1. The first kappa shape index (κ1) is 8.77. The van der Waals surface area contributed by atoms with Crippen LogP contribution in [-0.4, -0.2) is 17.7 Å². The summed E-state index contributed by atoms with van der Waals surface area (Å²) in [5.41, 5.74) is 0. The number of carbonyl (C=O) groups is 2. The first-order valence-electron chi connectivity index (χ1n) is 3.63. The minimum atomic E-state index is -1.08. The van der Waals surface area contributed by atoms with Crippen LogP contribution >= 0.6 is 0 Å². The summed E-state index contributed by atoms with van der Waals surface area (Å²) < 4.78 is 9.61. The molecule has 1 atom stereocenters. The predicted molar refractivity (Wildman–Crippen MR) is 40.0 cm³/mol. The van der Waals surface area contributed by atoms with Gasteiger partial charge < -0.3 is 9.47 Å². The zero-order valence-electron chi connectivity index (χ0n) is 6.83.